The number of aliphatic hydroxyl groups is 1. The molecule has 0 bridgehead atoms. The van der Waals surface area contributed by atoms with E-state index in [9.17, 15) is 13.6 Å². The van der Waals surface area contributed by atoms with Gasteiger partial charge in [0, 0.05) is 29.4 Å². The van der Waals surface area contributed by atoms with E-state index >= 15 is 0 Å². The van der Waals surface area contributed by atoms with Crippen LogP contribution < -0.4 is 10.6 Å². The molecule has 2 aromatic rings. The van der Waals surface area contributed by atoms with Gasteiger partial charge in [-0.3, -0.25) is 4.79 Å². The average molecular weight is 320 g/mol. The predicted molar refractivity (Wildman–Crippen MR) is 84.1 cm³/mol. The number of carbonyl (C=O) groups is 1. The summed E-state index contributed by atoms with van der Waals surface area (Å²) in [5.41, 5.74) is 1.36. The molecule has 2 rings (SSSR count). The van der Waals surface area contributed by atoms with Crippen molar-refractivity contribution in [1.29, 1.82) is 0 Å². The zero-order chi connectivity index (χ0) is 16.8. The molecule has 0 aliphatic heterocycles. The first-order chi connectivity index (χ1) is 11.0. The molecule has 0 aliphatic carbocycles. The highest BCUT2D eigenvalue weighted by Crippen LogP contribution is 2.15. The van der Waals surface area contributed by atoms with Gasteiger partial charge in [-0.25, -0.2) is 8.78 Å². The number of amides is 1. The summed E-state index contributed by atoms with van der Waals surface area (Å²) in [7, 11) is 0. The van der Waals surface area contributed by atoms with Crippen molar-refractivity contribution in [1.82, 2.24) is 5.32 Å². The van der Waals surface area contributed by atoms with E-state index in [4.69, 9.17) is 5.11 Å². The molecular weight excluding hydrogens is 302 g/mol. The van der Waals surface area contributed by atoms with Crippen LogP contribution in [0.5, 0.6) is 0 Å². The summed E-state index contributed by atoms with van der Waals surface area (Å²) < 4.78 is 26.7. The Morgan fingerprint density at radius 3 is 2.52 bits per heavy atom. The van der Waals surface area contributed by atoms with Crippen LogP contribution in [0.2, 0.25) is 0 Å². The smallest absolute Gasteiger partial charge is 0.251 e. The van der Waals surface area contributed by atoms with Gasteiger partial charge in [-0.2, -0.15) is 0 Å². The molecule has 0 aliphatic rings. The van der Waals surface area contributed by atoms with E-state index in [1.807, 2.05) is 0 Å². The normalized spacial score (nSPS) is 11.8. The maximum absolute atomic E-state index is 13.5. The molecule has 1 amide bonds. The fraction of sp³-hybridized carbons (Fsp3) is 0.235. The average Bonchev–Trinajstić information content (AvgIpc) is 2.56. The number of anilines is 1. The first-order valence-electron chi connectivity index (χ1n) is 7.20. The third-order valence-electron chi connectivity index (χ3n) is 3.31. The molecule has 0 spiro atoms. The van der Waals surface area contributed by atoms with Gasteiger partial charge in [0.15, 0.2) is 11.6 Å². The van der Waals surface area contributed by atoms with Crippen LogP contribution >= 0.6 is 0 Å². The summed E-state index contributed by atoms with van der Waals surface area (Å²) in [5.74, 6) is -2.03. The highest BCUT2D eigenvalue weighted by molar-refractivity contribution is 5.94. The third-order valence-corrected chi connectivity index (χ3v) is 3.31. The first kappa shape index (κ1) is 16.9. The lowest BCUT2D eigenvalue weighted by molar-refractivity contribution is 0.0922. The van der Waals surface area contributed by atoms with Crippen LogP contribution in [0, 0.1) is 11.6 Å². The lowest BCUT2D eigenvalue weighted by atomic mass is 10.1. The van der Waals surface area contributed by atoms with Crippen LogP contribution in [0.15, 0.2) is 42.5 Å². The van der Waals surface area contributed by atoms with Crippen LogP contribution in [0.4, 0.5) is 14.5 Å². The second-order valence-electron chi connectivity index (χ2n) is 5.20. The maximum Gasteiger partial charge on any atom is 0.251 e. The summed E-state index contributed by atoms with van der Waals surface area (Å²) in [4.78, 5) is 11.9. The zero-order valence-corrected chi connectivity index (χ0v) is 12.6. The van der Waals surface area contributed by atoms with Gasteiger partial charge < -0.3 is 15.7 Å². The van der Waals surface area contributed by atoms with E-state index in [2.05, 4.69) is 10.6 Å². The van der Waals surface area contributed by atoms with Gasteiger partial charge in [-0.15, -0.1) is 0 Å². The fourth-order valence-corrected chi connectivity index (χ4v) is 1.97. The number of rotatable bonds is 6. The summed E-state index contributed by atoms with van der Waals surface area (Å²) in [5, 5.41) is 14.5. The maximum atomic E-state index is 13.5. The Kier molecular flexibility index (Phi) is 5.65. The fourth-order valence-electron chi connectivity index (χ4n) is 1.97. The summed E-state index contributed by atoms with van der Waals surface area (Å²) in [6, 6.07) is 10.3. The van der Waals surface area contributed by atoms with E-state index in [0.717, 1.165) is 6.07 Å². The van der Waals surface area contributed by atoms with Crippen molar-refractivity contribution in [2.75, 3.05) is 11.9 Å². The van der Waals surface area contributed by atoms with Gasteiger partial charge in [0.25, 0.3) is 5.91 Å². The van der Waals surface area contributed by atoms with Gasteiger partial charge in [0.1, 0.15) is 0 Å². The predicted octanol–water partition coefficient (Wildman–Crippen LogP) is 2.69. The van der Waals surface area contributed by atoms with Crippen molar-refractivity contribution in [3.05, 3.63) is 65.2 Å². The van der Waals surface area contributed by atoms with Crippen molar-refractivity contribution >= 4 is 11.6 Å². The van der Waals surface area contributed by atoms with Gasteiger partial charge in [-0.05, 0) is 37.3 Å². The Labute approximate surface area is 133 Å². The largest absolute Gasteiger partial charge is 0.394 e. The Morgan fingerprint density at radius 2 is 1.87 bits per heavy atom. The quantitative estimate of drug-likeness (QED) is 0.767. The van der Waals surface area contributed by atoms with Crippen molar-refractivity contribution in [3.63, 3.8) is 0 Å². The highest BCUT2D eigenvalue weighted by Gasteiger charge is 2.09. The molecule has 23 heavy (non-hydrogen) atoms. The highest BCUT2D eigenvalue weighted by atomic mass is 19.2. The molecule has 0 radical (unpaired) electrons. The molecule has 122 valence electrons. The molecule has 0 saturated heterocycles. The van der Waals surface area contributed by atoms with E-state index in [-0.39, 0.29) is 30.7 Å². The minimum absolute atomic E-state index is 0.134. The standard InChI is InChI=1S/C17H18F2N2O2/c1-11(10-22)21-17(23)12-5-7-14(8-6-12)20-9-13-3-2-4-15(18)16(13)19/h2-8,11,20,22H,9-10H2,1H3,(H,21,23)/t11-/m1/s1. The van der Waals surface area contributed by atoms with Crippen molar-refractivity contribution in [3.8, 4) is 0 Å². The Hall–Kier alpha value is -2.47. The topological polar surface area (TPSA) is 61.4 Å². The van der Waals surface area contributed by atoms with Crippen molar-refractivity contribution in [2.24, 2.45) is 0 Å². The van der Waals surface area contributed by atoms with Crippen LogP contribution in [-0.4, -0.2) is 23.7 Å². The molecule has 0 heterocycles. The number of hydrogen-bond donors (Lipinski definition) is 3. The van der Waals surface area contributed by atoms with E-state index in [1.54, 1.807) is 31.2 Å². The van der Waals surface area contributed by atoms with Gasteiger partial charge in [-0.1, -0.05) is 12.1 Å². The van der Waals surface area contributed by atoms with E-state index in [0.29, 0.717) is 11.3 Å². The summed E-state index contributed by atoms with van der Waals surface area (Å²) >= 11 is 0. The Bertz CT molecular complexity index is 675. The Morgan fingerprint density at radius 1 is 1.17 bits per heavy atom. The third kappa shape index (κ3) is 4.50. The van der Waals surface area contributed by atoms with E-state index < -0.39 is 11.6 Å². The first-order valence-corrected chi connectivity index (χ1v) is 7.20. The van der Waals surface area contributed by atoms with Crippen LogP contribution in [0.1, 0.15) is 22.8 Å². The summed E-state index contributed by atoms with van der Waals surface area (Å²) in [6.07, 6.45) is 0. The second kappa shape index (κ2) is 7.69. The van der Waals surface area contributed by atoms with Crippen LogP contribution in [0.25, 0.3) is 0 Å². The second-order valence-corrected chi connectivity index (χ2v) is 5.20. The number of nitrogens with one attached hydrogen (secondary N) is 2. The molecule has 2 aromatic carbocycles. The Balaban J connectivity index is 1.97. The minimum atomic E-state index is -0.880. The number of aliphatic hydroxyl groups excluding tert-OH is 1. The minimum Gasteiger partial charge on any atom is -0.394 e. The van der Waals surface area contributed by atoms with Gasteiger partial charge >= 0.3 is 0 Å². The molecule has 4 nitrogen and oxygen atoms in total. The number of hydrogen-bond acceptors (Lipinski definition) is 3. The molecule has 6 heteroatoms. The van der Waals surface area contributed by atoms with Crippen molar-refractivity contribution < 1.29 is 18.7 Å². The molecule has 0 saturated carbocycles. The van der Waals surface area contributed by atoms with Crippen LogP contribution in [0.3, 0.4) is 0 Å². The molecule has 3 N–H and O–H groups in total. The van der Waals surface area contributed by atoms with Crippen LogP contribution in [-0.2, 0) is 6.54 Å². The molecule has 0 aromatic heterocycles. The molecular formula is C17H18F2N2O2. The van der Waals surface area contributed by atoms with Gasteiger partial charge in [0.05, 0.1) is 6.61 Å². The number of benzene rings is 2. The number of carbonyl (C=O) groups excluding carboxylic acids is 1. The van der Waals surface area contributed by atoms with Crippen molar-refractivity contribution in [2.45, 2.75) is 19.5 Å². The SMILES string of the molecule is C[C@H](CO)NC(=O)c1ccc(NCc2cccc(F)c2F)cc1. The zero-order valence-electron chi connectivity index (χ0n) is 12.6. The molecule has 1 atom stereocenters. The molecule has 0 unspecified atom stereocenters. The molecule has 0 fully saturated rings. The summed E-state index contributed by atoms with van der Waals surface area (Å²) in [6.45, 7) is 1.70. The van der Waals surface area contributed by atoms with Gasteiger partial charge in [0.2, 0.25) is 0 Å². The number of halogens is 2. The lowest BCUT2D eigenvalue weighted by Crippen LogP contribution is -2.34. The lowest BCUT2D eigenvalue weighted by Gasteiger charge is -2.12. The monoisotopic (exact) mass is 320 g/mol. The van der Waals surface area contributed by atoms with E-state index in [1.165, 1.54) is 12.1 Å².